The molecular formula is C19H26FN5O2. The molecule has 8 heteroatoms. The second-order valence-electron chi connectivity index (χ2n) is 6.97. The van der Waals surface area contributed by atoms with Gasteiger partial charge in [-0.05, 0) is 50.0 Å². The zero-order valence-corrected chi connectivity index (χ0v) is 15.6. The van der Waals surface area contributed by atoms with E-state index < -0.39 is 0 Å². The van der Waals surface area contributed by atoms with Crippen LogP contribution in [-0.2, 0) is 24.9 Å². The third-order valence-electron chi connectivity index (χ3n) is 5.11. The fraction of sp³-hybridized carbons (Fsp3) is 0.526. The van der Waals surface area contributed by atoms with Crippen molar-refractivity contribution in [3.63, 3.8) is 0 Å². The highest BCUT2D eigenvalue weighted by Gasteiger charge is 2.25. The molecule has 0 unspecified atom stereocenters. The molecule has 1 saturated heterocycles. The minimum Gasteiger partial charge on any atom is -0.388 e. The van der Waals surface area contributed by atoms with Gasteiger partial charge in [0.25, 0.3) is 0 Å². The van der Waals surface area contributed by atoms with E-state index in [1.54, 1.807) is 12.1 Å². The lowest BCUT2D eigenvalue weighted by molar-refractivity contribution is -0.122. The lowest BCUT2D eigenvalue weighted by atomic mass is 9.96. The van der Waals surface area contributed by atoms with Crippen LogP contribution in [0, 0.1) is 5.82 Å². The molecule has 0 atom stereocenters. The number of nitrogens with one attached hydrogen (secondary N) is 1. The lowest BCUT2D eigenvalue weighted by Crippen LogP contribution is -2.41. The van der Waals surface area contributed by atoms with E-state index in [1.807, 2.05) is 11.6 Å². The van der Waals surface area contributed by atoms with E-state index >= 15 is 0 Å². The Morgan fingerprint density at radius 1 is 1.26 bits per heavy atom. The predicted molar refractivity (Wildman–Crippen MR) is 98.5 cm³/mol. The zero-order chi connectivity index (χ0) is 19.2. The van der Waals surface area contributed by atoms with Crippen LogP contribution in [0.3, 0.4) is 0 Å². The molecule has 1 amide bonds. The van der Waals surface area contributed by atoms with E-state index in [1.165, 1.54) is 12.1 Å². The second kappa shape index (κ2) is 9.05. The van der Waals surface area contributed by atoms with Gasteiger partial charge in [0, 0.05) is 19.5 Å². The maximum Gasteiger partial charge on any atom is 0.234 e. The Labute approximate surface area is 158 Å². The first-order valence-electron chi connectivity index (χ1n) is 9.29. The highest BCUT2D eigenvalue weighted by Crippen LogP contribution is 2.26. The van der Waals surface area contributed by atoms with E-state index in [-0.39, 0.29) is 18.3 Å². The van der Waals surface area contributed by atoms with Gasteiger partial charge >= 0.3 is 0 Å². The molecule has 1 aliphatic rings. The van der Waals surface area contributed by atoms with Gasteiger partial charge in [0.05, 0.1) is 6.54 Å². The molecule has 146 valence electrons. The van der Waals surface area contributed by atoms with E-state index in [0.717, 1.165) is 37.3 Å². The Bertz CT molecular complexity index is 754. The Kier molecular flexibility index (Phi) is 6.52. The van der Waals surface area contributed by atoms with Crippen molar-refractivity contribution in [1.82, 2.24) is 25.0 Å². The van der Waals surface area contributed by atoms with Crippen LogP contribution in [0.15, 0.2) is 24.3 Å². The highest BCUT2D eigenvalue weighted by atomic mass is 19.1. The first-order valence-corrected chi connectivity index (χ1v) is 9.29. The summed E-state index contributed by atoms with van der Waals surface area (Å²) in [6.45, 7) is 2.48. The molecule has 1 aromatic carbocycles. The Morgan fingerprint density at radius 2 is 1.96 bits per heavy atom. The summed E-state index contributed by atoms with van der Waals surface area (Å²) in [5.74, 6) is 1.55. The van der Waals surface area contributed by atoms with Crippen LogP contribution in [-0.4, -0.2) is 56.9 Å². The van der Waals surface area contributed by atoms with Crippen LogP contribution in [0.1, 0.15) is 36.0 Å². The van der Waals surface area contributed by atoms with Gasteiger partial charge in [0.2, 0.25) is 5.91 Å². The minimum atomic E-state index is -0.250. The van der Waals surface area contributed by atoms with Gasteiger partial charge in [0.1, 0.15) is 18.2 Å². The van der Waals surface area contributed by atoms with Gasteiger partial charge < -0.3 is 15.0 Å². The number of aromatic nitrogens is 3. The van der Waals surface area contributed by atoms with Crippen molar-refractivity contribution >= 4 is 5.91 Å². The van der Waals surface area contributed by atoms with Gasteiger partial charge in [-0.1, -0.05) is 12.1 Å². The summed E-state index contributed by atoms with van der Waals surface area (Å²) < 4.78 is 14.7. The number of aliphatic hydroxyl groups excluding tert-OH is 1. The molecule has 0 aliphatic carbocycles. The first-order chi connectivity index (χ1) is 13.1. The normalized spacial score (nSPS) is 15.8. The lowest BCUT2D eigenvalue weighted by Gasteiger charge is -2.30. The van der Waals surface area contributed by atoms with Crippen molar-refractivity contribution in [2.75, 3.05) is 26.2 Å². The fourth-order valence-electron chi connectivity index (χ4n) is 3.47. The molecule has 0 radical (unpaired) electrons. The maximum atomic E-state index is 12.9. The van der Waals surface area contributed by atoms with Gasteiger partial charge in [-0.2, -0.15) is 0 Å². The number of amides is 1. The number of nitrogens with zero attached hydrogens (tertiary/aromatic N) is 4. The number of piperidine rings is 1. The van der Waals surface area contributed by atoms with Crippen molar-refractivity contribution < 1.29 is 14.3 Å². The number of hydrogen-bond donors (Lipinski definition) is 2. The van der Waals surface area contributed by atoms with Crippen molar-refractivity contribution in [2.24, 2.45) is 7.05 Å². The molecule has 0 bridgehead atoms. The van der Waals surface area contributed by atoms with E-state index in [9.17, 15) is 14.3 Å². The zero-order valence-electron chi connectivity index (χ0n) is 15.6. The summed E-state index contributed by atoms with van der Waals surface area (Å²) in [5, 5.41) is 20.4. The number of hydrogen-bond acceptors (Lipinski definition) is 5. The molecule has 1 fully saturated rings. The summed E-state index contributed by atoms with van der Waals surface area (Å²) in [6, 6.07) is 6.34. The van der Waals surface area contributed by atoms with Crippen molar-refractivity contribution in [1.29, 1.82) is 0 Å². The van der Waals surface area contributed by atoms with Gasteiger partial charge in [0.15, 0.2) is 5.82 Å². The molecular weight excluding hydrogens is 349 g/mol. The summed E-state index contributed by atoms with van der Waals surface area (Å²) in [7, 11) is 1.88. The average molecular weight is 375 g/mol. The van der Waals surface area contributed by atoms with E-state index in [4.69, 9.17) is 0 Å². The summed E-state index contributed by atoms with van der Waals surface area (Å²) in [4.78, 5) is 14.3. The van der Waals surface area contributed by atoms with Gasteiger partial charge in [-0.3, -0.25) is 9.69 Å². The molecule has 2 heterocycles. The maximum absolute atomic E-state index is 12.9. The van der Waals surface area contributed by atoms with Gasteiger partial charge in [-0.15, -0.1) is 10.2 Å². The molecule has 1 aliphatic heterocycles. The summed E-state index contributed by atoms with van der Waals surface area (Å²) >= 11 is 0. The molecule has 0 saturated carbocycles. The number of benzene rings is 1. The number of rotatable bonds is 7. The third kappa shape index (κ3) is 5.11. The topological polar surface area (TPSA) is 83.3 Å². The Balaban J connectivity index is 1.38. The van der Waals surface area contributed by atoms with Crippen LogP contribution in [0.5, 0.6) is 0 Å². The average Bonchev–Trinajstić information content (AvgIpc) is 3.04. The van der Waals surface area contributed by atoms with Crippen molar-refractivity contribution in [3.05, 3.63) is 47.3 Å². The third-order valence-corrected chi connectivity index (χ3v) is 5.11. The first kappa shape index (κ1) is 19.4. The number of likely N-dealkylation sites (tertiary alicyclic amines) is 1. The minimum absolute atomic E-state index is 0.0109. The SMILES string of the molecule is Cn1c(CO)nnc1C1CCN(CC(=O)NCCc2ccc(F)cc2)CC1. The summed E-state index contributed by atoms with van der Waals surface area (Å²) in [6.07, 6.45) is 2.52. The molecule has 0 spiro atoms. The van der Waals surface area contributed by atoms with Crippen LogP contribution < -0.4 is 5.32 Å². The highest BCUT2D eigenvalue weighted by molar-refractivity contribution is 5.78. The number of carbonyl (C=O) groups excluding carboxylic acids is 1. The monoisotopic (exact) mass is 375 g/mol. The molecule has 1 aromatic heterocycles. The number of carbonyl (C=O) groups is 1. The second-order valence-corrected chi connectivity index (χ2v) is 6.97. The largest absolute Gasteiger partial charge is 0.388 e. The van der Waals surface area contributed by atoms with Crippen LogP contribution in [0.25, 0.3) is 0 Å². The van der Waals surface area contributed by atoms with Gasteiger partial charge in [-0.25, -0.2) is 4.39 Å². The Morgan fingerprint density at radius 3 is 2.59 bits per heavy atom. The molecule has 2 N–H and O–H groups in total. The predicted octanol–water partition coefficient (Wildman–Crippen LogP) is 0.985. The Hall–Kier alpha value is -2.32. The smallest absolute Gasteiger partial charge is 0.234 e. The van der Waals surface area contributed by atoms with E-state index in [2.05, 4.69) is 20.4 Å². The van der Waals surface area contributed by atoms with E-state index in [0.29, 0.717) is 31.3 Å². The van der Waals surface area contributed by atoms with Crippen molar-refractivity contribution in [3.8, 4) is 0 Å². The summed E-state index contributed by atoms with van der Waals surface area (Å²) in [5.41, 5.74) is 1.00. The molecule has 3 rings (SSSR count). The fourth-order valence-corrected chi connectivity index (χ4v) is 3.47. The van der Waals surface area contributed by atoms with Crippen LogP contribution >= 0.6 is 0 Å². The quantitative estimate of drug-likeness (QED) is 0.754. The molecule has 7 nitrogen and oxygen atoms in total. The van der Waals surface area contributed by atoms with Crippen molar-refractivity contribution in [2.45, 2.75) is 31.8 Å². The standard InChI is InChI=1S/C19H26FN5O2/c1-24-17(13-26)22-23-19(24)15-7-10-25(11-8-15)12-18(27)21-9-6-14-2-4-16(20)5-3-14/h2-5,15,26H,6-13H2,1H3,(H,21,27). The molecule has 27 heavy (non-hydrogen) atoms. The molecule has 2 aromatic rings. The number of halogens is 1. The van der Waals surface area contributed by atoms with Crippen LogP contribution in [0.4, 0.5) is 4.39 Å². The van der Waals surface area contributed by atoms with Crippen LogP contribution in [0.2, 0.25) is 0 Å². The number of aliphatic hydroxyl groups is 1.